The van der Waals surface area contributed by atoms with Crippen molar-refractivity contribution in [2.24, 2.45) is 0 Å². The fraction of sp³-hybridized carbons (Fsp3) is 0.0909. The lowest BCUT2D eigenvalue weighted by atomic mass is 10.1. The van der Waals surface area contributed by atoms with Gasteiger partial charge in [0.1, 0.15) is 5.69 Å². The molecule has 0 radical (unpaired) electrons. The summed E-state index contributed by atoms with van der Waals surface area (Å²) < 4.78 is 15.9. The van der Waals surface area contributed by atoms with Crippen LogP contribution in [0.25, 0.3) is 11.3 Å². The molecule has 0 fully saturated rings. The standard InChI is InChI=1S/C11H6BrNO5/c12-6-2-9-8(16-4-17-9)1-5(6)7-3-10(11(14)15)18-13-7/h1-3H,4H2,(H,14,15). The zero-order chi connectivity index (χ0) is 12.7. The third kappa shape index (κ3) is 1.72. The minimum atomic E-state index is -1.16. The third-order valence-electron chi connectivity index (χ3n) is 2.46. The number of aromatic nitrogens is 1. The van der Waals surface area contributed by atoms with Crippen molar-refractivity contribution in [2.45, 2.75) is 0 Å². The Morgan fingerprint density at radius 3 is 2.67 bits per heavy atom. The second kappa shape index (κ2) is 4.02. The van der Waals surface area contributed by atoms with Crippen LogP contribution in [-0.4, -0.2) is 23.0 Å². The van der Waals surface area contributed by atoms with E-state index in [0.29, 0.717) is 22.8 Å². The molecule has 0 saturated carbocycles. The number of halogens is 1. The van der Waals surface area contributed by atoms with Gasteiger partial charge in [-0.25, -0.2) is 4.79 Å². The molecule has 1 aromatic heterocycles. The summed E-state index contributed by atoms with van der Waals surface area (Å²) in [5, 5.41) is 12.5. The highest BCUT2D eigenvalue weighted by atomic mass is 79.9. The van der Waals surface area contributed by atoms with Crippen molar-refractivity contribution in [3.8, 4) is 22.8 Å². The maximum absolute atomic E-state index is 10.7. The molecule has 1 aromatic carbocycles. The smallest absolute Gasteiger partial charge is 0.374 e. The van der Waals surface area contributed by atoms with Gasteiger partial charge in [-0.3, -0.25) is 0 Å². The number of aromatic carboxylic acids is 1. The Balaban J connectivity index is 2.08. The lowest BCUT2D eigenvalue weighted by molar-refractivity contribution is 0.0652. The highest BCUT2D eigenvalue weighted by Crippen LogP contribution is 2.40. The van der Waals surface area contributed by atoms with E-state index in [1.807, 2.05) is 0 Å². The first-order valence-corrected chi connectivity index (χ1v) is 5.74. The van der Waals surface area contributed by atoms with Crippen LogP contribution < -0.4 is 9.47 Å². The number of hydrogen-bond donors (Lipinski definition) is 1. The summed E-state index contributed by atoms with van der Waals surface area (Å²) in [6.07, 6.45) is 0. The van der Waals surface area contributed by atoms with E-state index in [-0.39, 0.29) is 12.6 Å². The summed E-state index contributed by atoms with van der Waals surface area (Å²) in [7, 11) is 0. The molecular formula is C11H6BrNO5. The minimum absolute atomic E-state index is 0.171. The summed E-state index contributed by atoms with van der Waals surface area (Å²) in [6.45, 7) is 0.171. The first kappa shape index (κ1) is 11.1. The Morgan fingerprint density at radius 2 is 2.00 bits per heavy atom. The van der Waals surface area contributed by atoms with E-state index in [1.165, 1.54) is 6.07 Å². The van der Waals surface area contributed by atoms with Gasteiger partial charge in [-0.15, -0.1) is 0 Å². The number of rotatable bonds is 2. The molecule has 0 spiro atoms. The number of fused-ring (bicyclic) bond motifs is 1. The average molecular weight is 312 g/mol. The molecule has 3 rings (SSSR count). The second-order valence-corrected chi connectivity index (χ2v) is 4.42. The van der Waals surface area contributed by atoms with Crippen LogP contribution in [0.15, 0.2) is 27.2 Å². The fourth-order valence-electron chi connectivity index (χ4n) is 1.62. The van der Waals surface area contributed by atoms with Crippen LogP contribution in [0.2, 0.25) is 0 Å². The highest BCUT2D eigenvalue weighted by molar-refractivity contribution is 9.10. The second-order valence-electron chi connectivity index (χ2n) is 3.57. The Hall–Kier alpha value is -2.02. The van der Waals surface area contributed by atoms with Crippen molar-refractivity contribution in [1.82, 2.24) is 5.16 Å². The van der Waals surface area contributed by atoms with E-state index in [0.717, 1.165) is 4.47 Å². The maximum atomic E-state index is 10.7. The van der Waals surface area contributed by atoms with Gasteiger partial charge in [0, 0.05) is 16.1 Å². The van der Waals surface area contributed by atoms with E-state index in [9.17, 15) is 4.79 Å². The molecule has 0 bridgehead atoms. The zero-order valence-corrected chi connectivity index (χ0v) is 10.4. The zero-order valence-electron chi connectivity index (χ0n) is 8.84. The van der Waals surface area contributed by atoms with E-state index in [1.54, 1.807) is 12.1 Å². The number of carboxylic acids is 1. The largest absolute Gasteiger partial charge is 0.475 e. The van der Waals surface area contributed by atoms with E-state index in [2.05, 4.69) is 21.1 Å². The molecule has 0 saturated heterocycles. The van der Waals surface area contributed by atoms with Gasteiger partial charge in [-0.2, -0.15) is 0 Å². The molecule has 1 aliphatic rings. The normalized spacial score (nSPS) is 12.7. The molecule has 2 aromatic rings. The Morgan fingerprint density at radius 1 is 1.28 bits per heavy atom. The van der Waals surface area contributed by atoms with Crippen LogP contribution >= 0.6 is 15.9 Å². The minimum Gasteiger partial charge on any atom is -0.475 e. The van der Waals surface area contributed by atoms with Gasteiger partial charge in [-0.05, 0) is 28.1 Å². The molecule has 6 nitrogen and oxygen atoms in total. The predicted octanol–water partition coefficient (Wildman–Crippen LogP) is 2.53. The molecule has 92 valence electrons. The van der Waals surface area contributed by atoms with Crippen LogP contribution in [0, 0.1) is 0 Å². The molecule has 7 heteroatoms. The molecule has 2 heterocycles. The number of hydrogen-bond acceptors (Lipinski definition) is 5. The van der Waals surface area contributed by atoms with Crippen molar-refractivity contribution in [3.63, 3.8) is 0 Å². The molecule has 0 aliphatic carbocycles. The van der Waals surface area contributed by atoms with Crippen molar-refractivity contribution < 1.29 is 23.9 Å². The van der Waals surface area contributed by atoms with Crippen LogP contribution in [0.5, 0.6) is 11.5 Å². The monoisotopic (exact) mass is 311 g/mol. The Kier molecular flexibility index (Phi) is 2.48. The van der Waals surface area contributed by atoms with Gasteiger partial charge in [0.2, 0.25) is 12.6 Å². The summed E-state index contributed by atoms with van der Waals surface area (Å²) in [5.41, 5.74) is 1.09. The number of ether oxygens (including phenoxy) is 2. The molecular weight excluding hydrogens is 306 g/mol. The van der Waals surface area contributed by atoms with Gasteiger partial charge in [0.05, 0.1) is 0 Å². The summed E-state index contributed by atoms with van der Waals surface area (Å²) in [5.74, 6) is -0.152. The lowest BCUT2D eigenvalue weighted by Gasteiger charge is -2.02. The maximum Gasteiger partial charge on any atom is 0.374 e. The molecule has 18 heavy (non-hydrogen) atoms. The molecule has 0 unspecified atom stereocenters. The van der Waals surface area contributed by atoms with Crippen molar-refractivity contribution in [2.75, 3.05) is 6.79 Å². The van der Waals surface area contributed by atoms with Crippen LogP contribution in [0.1, 0.15) is 10.6 Å². The topological polar surface area (TPSA) is 81.8 Å². The van der Waals surface area contributed by atoms with Gasteiger partial charge in [-0.1, -0.05) is 5.16 Å². The van der Waals surface area contributed by atoms with Crippen LogP contribution in [-0.2, 0) is 0 Å². The molecule has 1 aliphatic heterocycles. The lowest BCUT2D eigenvalue weighted by Crippen LogP contribution is -1.92. The number of nitrogens with zero attached hydrogens (tertiary/aromatic N) is 1. The molecule has 0 amide bonds. The average Bonchev–Trinajstić information content (AvgIpc) is 2.94. The van der Waals surface area contributed by atoms with Gasteiger partial charge < -0.3 is 19.1 Å². The van der Waals surface area contributed by atoms with E-state index in [4.69, 9.17) is 19.1 Å². The fourth-order valence-corrected chi connectivity index (χ4v) is 2.14. The van der Waals surface area contributed by atoms with Crippen LogP contribution in [0.3, 0.4) is 0 Å². The summed E-state index contributed by atoms with van der Waals surface area (Å²) in [6, 6.07) is 4.81. The first-order valence-electron chi connectivity index (χ1n) is 4.94. The molecule has 1 N–H and O–H groups in total. The van der Waals surface area contributed by atoms with Crippen molar-refractivity contribution in [1.29, 1.82) is 0 Å². The Labute approximate surface area is 109 Å². The summed E-state index contributed by atoms with van der Waals surface area (Å²) >= 11 is 3.37. The van der Waals surface area contributed by atoms with Crippen LogP contribution in [0.4, 0.5) is 0 Å². The Bertz CT molecular complexity index is 636. The third-order valence-corrected chi connectivity index (χ3v) is 3.12. The SMILES string of the molecule is O=C(O)c1cc(-c2cc3c(cc2Br)OCO3)no1. The number of carboxylic acid groups (broad SMARTS) is 1. The predicted molar refractivity (Wildman–Crippen MR) is 62.7 cm³/mol. The van der Waals surface area contributed by atoms with Crippen molar-refractivity contribution in [3.05, 3.63) is 28.4 Å². The van der Waals surface area contributed by atoms with Gasteiger partial charge in [0.15, 0.2) is 11.5 Å². The number of carbonyl (C=O) groups is 1. The van der Waals surface area contributed by atoms with E-state index < -0.39 is 5.97 Å². The van der Waals surface area contributed by atoms with Crippen molar-refractivity contribution >= 4 is 21.9 Å². The highest BCUT2D eigenvalue weighted by Gasteiger charge is 2.20. The summed E-state index contributed by atoms with van der Waals surface area (Å²) in [4.78, 5) is 10.7. The van der Waals surface area contributed by atoms with E-state index >= 15 is 0 Å². The number of benzene rings is 1. The van der Waals surface area contributed by atoms with Gasteiger partial charge >= 0.3 is 5.97 Å². The first-order chi connectivity index (χ1) is 8.65. The quantitative estimate of drug-likeness (QED) is 0.917. The van der Waals surface area contributed by atoms with Gasteiger partial charge in [0.25, 0.3) is 0 Å². The molecule has 0 atom stereocenters.